The van der Waals surface area contributed by atoms with Gasteiger partial charge in [0.05, 0.1) is 10.6 Å². The van der Waals surface area contributed by atoms with E-state index in [-0.39, 0.29) is 4.90 Å². The van der Waals surface area contributed by atoms with Gasteiger partial charge in [-0.05, 0) is 30.7 Å². The molecular formula is C9H15N3O4S2. The van der Waals surface area contributed by atoms with E-state index >= 15 is 0 Å². The van der Waals surface area contributed by atoms with Crippen molar-refractivity contribution in [3.63, 3.8) is 0 Å². The highest BCUT2D eigenvalue weighted by molar-refractivity contribution is 7.90. The van der Waals surface area contributed by atoms with E-state index in [4.69, 9.17) is 5.14 Å². The topological polar surface area (TPSA) is 110 Å². The van der Waals surface area contributed by atoms with Gasteiger partial charge < -0.3 is 0 Å². The molecule has 0 radical (unpaired) electrons. The van der Waals surface area contributed by atoms with Crippen molar-refractivity contribution in [1.29, 1.82) is 0 Å². The first-order valence-corrected chi connectivity index (χ1v) is 7.86. The third-order valence-electron chi connectivity index (χ3n) is 2.25. The lowest BCUT2D eigenvalue weighted by Gasteiger charge is -2.15. The number of hydrogen-bond donors (Lipinski definition) is 2. The van der Waals surface area contributed by atoms with E-state index in [1.54, 1.807) is 6.92 Å². The number of aryl methyl sites for hydroxylation is 1. The summed E-state index contributed by atoms with van der Waals surface area (Å²) in [5.41, 5.74) is 0.767. The molecule has 0 amide bonds. The first-order valence-electron chi connectivity index (χ1n) is 4.88. The van der Waals surface area contributed by atoms with Crippen LogP contribution in [0, 0.1) is 6.92 Å². The fourth-order valence-corrected chi connectivity index (χ4v) is 2.45. The van der Waals surface area contributed by atoms with Crippen LogP contribution in [0.1, 0.15) is 5.56 Å². The fourth-order valence-electron chi connectivity index (χ4n) is 1.16. The van der Waals surface area contributed by atoms with Gasteiger partial charge in [-0.25, -0.2) is 13.6 Å². The minimum Gasteiger partial charge on any atom is -0.271 e. The number of rotatable bonds is 4. The lowest BCUT2D eigenvalue weighted by Crippen LogP contribution is -2.29. The molecule has 0 atom stereocenters. The summed E-state index contributed by atoms with van der Waals surface area (Å²) in [4.78, 5) is -0.0622. The summed E-state index contributed by atoms with van der Waals surface area (Å²) in [6.45, 7) is 1.59. The summed E-state index contributed by atoms with van der Waals surface area (Å²) in [6, 6.07) is 3.91. The van der Waals surface area contributed by atoms with Gasteiger partial charge in [-0.1, -0.05) is 0 Å². The Morgan fingerprint density at radius 3 is 2.11 bits per heavy atom. The lowest BCUT2D eigenvalue weighted by molar-refractivity contribution is 0.527. The number of nitrogens with two attached hydrogens (primary N) is 1. The van der Waals surface area contributed by atoms with Crippen molar-refractivity contribution in [2.24, 2.45) is 5.14 Å². The molecule has 1 aromatic rings. The maximum absolute atomic E-state index is 11.6. The number of nitrogens with zero attached hydrogens (tertiary/aromatic N) is 1. The number of hydrogen-bond acceptors (Lipinski definition) is 4. The Hall–Kier alpha value is -1.16. The van der Waals surface area contributed by atoms with Crippen LogP contribution in [0.5, 0.6) is 0 Å². The Balaban J connectivity index is 3.16. The van der Waals surface area contributed by atoms with Crippen molar-refractivity contribution in [1.82, 2.24) is 4.31 Å². The van der Waals surface area contributed by atoms with Crippen molar-refractivity contribution in [2.75, 3.05) is 18.8 Å². The van der Waals surface area contributed by atoms with Gasteiger partial charge in [-0.2, -0.15) is 12.7 Å². The highest BCUT2D eigenvalue weighted by Gasteiger charge is 2.15. The van der Waals surface area contributed by atoms with Crippen LogP contribution in [0.4, 0.5) is 5.69 Å². The van der Waals surface area contributed by atoms with E-state index < -0.39 is 20.2 Å². The van der Waals surface area contributed by atoms with E-state index in [2.05, 4.69) is 4.72 Å². The summed E-state index contributed by atoms with van der Waals surface area (Å²) >= 11 is 0. The Kier molecular flexibility index (Phi) is 4.01. The summed E-state index contributed by atoms with van der Waals surface area (Å²) in [7, 11) is -4.64. The van der Waals surface area contributed by atoms with Crippen LogP contribution in [-0.2, 0) is 20.2 Å². The highest BCUT2D eigenvalue weighted by Crippen LogP contribution is 2.20. The predicted molar refractivity (Wildman–Crippen MR) is 68.8 cm³/mol. The minimum atomic E-state index is -3.79. The molecule has 0 unspecified atom stereocenters. The molecule has 18 heavy (non-hydrogen) atoms. The van der Waals surface area contributed by atoms with Crippen LogP contribution in [-0.4, -0.2) is 35.2 Å². The maximum Gasteiger partial charge on any atom is 0.301 e. The van der Waals surface area contributed by atoms with Gasteiger partial charge in [0.15, 0.2) is 0 Å². The van der Waals surface area contributed by atoms with Gasteiger partial charge >= 0.3 is 10.2 Å². The number of primary sulfonamides is 1. The second-order valence-corrected chi connectivity index (χ2v) is 7.36. The van der Waals surface area contributed by atoms with Crippen LogP contribution in [0.15, 0.2) is 23.1 Å². The minimum absolute atomic E-state index is 0.0622. The first-order chi connectivity index (χ1) is 8.04. The molecule has 0 aliphatic heterocycles. The lowest BCUT2D eigenvalue weighted by atomic mass is 10.2. The molecule has 102 valence electrons. The number of benzene rings is 1. The van der Waals surface area contributed by atoms with E-state index in [9.17, 15) is 16.8 Å². The second-order valence-electron chi connectivity index (χ2n) is 3.91. The zero-order valence-electron chi connectivity index (χ0n) is 10.2. The third kappa shape index (κ3) is 3.42. The summed E-state index contributed by atoms with van der Waals surface area (Å²) in [5.74, 6) is 0. The monoisotopic (exact) mass is 293 g/mol. The van der Waals surface area contributed by atoms with Crippen molar-refractivity contribution in [3.8, 4) is 0 Å². The predicted octanol–water partition coefficient (Wildman–Crippen LogP) is -0.139. The van der Waals surface area contributed by atoms with Crippen LogP contribution < -0.4 is 9.86 Å². The smallest absolute Gasteiger partial charge is 0.271 e. The molecule has 0 aliphatic carbocycles. The molecule has 0 bridgehead atoms. The molecule has 0 saturated heterocycles. The van der Waals surface area contributed by atoms with Gasteiger partial charge in [0.2, 0.25) is 10.0 Å². The Bertz CT molecular complexity index is 650. The molecule has 0 aromatic heterocycles. The number of sulfonamides is 1. The summed E-state index contributed by atoms with van der Waals surface area (Å²) in [5, 5.41) is 4.98. The second kappa shape index (κ2) is 4.84. The normalized spacial score (nSPS) is 12.7. The third-order valence-corrected chi connectivity index (χ3v) is 4.60. The molecule has 0 fully saturated rings. The molecule has 3 N–H and O–H groups in total. The van der Waals surface area contributed by atoms with Crippen molar-refractivity contribution < 1.29 is 16.8 Å². The van der Waals surface area contributed by atoms with E-state index in [0.717, 1.165) is 4.31 Å². The first kappa shape index (κ1) is 14.9. The van der Waals surface area contributed by atoms with Gasteiger partial charge in [0.25, 0.3) is 0 Å². The van der Waals surface area contributed by atoms with Crippen LogP contribution in [0.25, 0.3) is 0 Å². The molecule has 7 nitrogen and oxygen atoms in total. The Morgan fingerprint density at radius 1 is 1.17 bits per heavy atom. The fraction of sp³-hybridized carbons (Fsp3) is 0.333. The average Bonchev–Trinajstić information content (AvgIpc) is 2.19. The zero-order valence-corrected chi connectivity index (χ0v) is 11.8. The van der Waals surface area contributed by atoms with Crippen molar-refractivity contribution in [2.45, 2.75) is 11.8 Å². The molecule has 0 spiro atoms. The molecule has 0 heterocycles. The summed E-state index contributed by atoms with van der Waals surface area (Å²) < 4.78 is 48.8. The molecule has 1 aromatic carbocycles. The van der Waals surface area contributed by atoms with E-state index in [0.29, 0.717) is 11.3 Å². The highest BCUT2D eigenvalue weighted by atomic mass is 32.2. The van der Waals surface area contributed by atoms with Crippen molar-refractivity contribution in [3.05, 3.63) is 23.8 Å². The van der Waals surface area contributed by atoms with Crippen molar-refractivity contribution >= 4 is 25.9 Å². The van der Waals surface area contributed by atoms with Crippen LogP contribution >= 0.6 is 0 Å². The van der Waals surface area contributed by atoms with Gasteiger partial charge in [-0.3, -0.25) is 4.72 Å². The molecule has 0 saturated carbocycles. The van der Waals surface area contributed by atoms with Crippen LogP contribution in [0.2, 0.25) is 0 Å². The molecular weight excluding hydrogens is 278 g/mol. The number of nitrogens with one attached hydrogen (secondary N) is 1. The van der Waals surface area contributed by atoms with Gasteiger partial charge in [0.1, 0.15) is 0 Å². The molecule has 0 aliphatic rings. The largest absolute Gasteiger partial charge is 0.301 e. The molecule has 1 rings (SSSR count). The Labute approximate surface area is 107 Å². The standard InChI is InChI=1S/C9H15N3O4S2/c1-7-6-8(17(10,13)14)4-5-9(7)11-18(15,16)12(2)3/h4-6,11H,1-3H3,(H2,10,13,14). The molecule has 9 heteroatoms. The Morgan fingerprint density at radius 2 is 1.72 bits per heavy atom. The van der Waals surface area contributed by atoms with E-state index in [1.165, 1.54) is 32.3 Å². The summed E-state index contributed by atoms with van der Waals surface area (Å²) in [6.07, 6.45) is 0. The SMILES string of the molecule is Cc1cc(S(N)(=O)=O)ccc1NS(=O)(=O)N(C)C. The van der Waals surface area contributed by atoms with Gasteiger partial charge in [0, 0.05) is 14.1 Å². The number of anilines is 1. The maximum atomic E-state index is 11.6. The quantitative estimate of drug-likeness (QED) is 0.805. The van der Waals surface area contributed by atoms with Crippen LogP contribution in [0.3, 0.4) is 0 Å². The average molecular weight is 293 g/mol. The van der Waals surface area contributed by atoms with E-state index in [1.807, 2.05) is 0 Å². The van der Waals surface area contributed by atoms with Gasteiger partial charge in [-0.15, -0.1) is 0 Å². The zero-order chi connectivity index (χ0) is 14.1.